The summed E-state index contributed by atoms with van der Waals surface area (Å²) in [5.74, 6) is 0. The molecule has 18 heavy (non-hydrogen) atoms. The lowest BCUT2D eigenvalue weighted by Gasteiger charge is -2.16. The minimum Gasteiger partial charge on any atom is -0.388 e. The number of aromatic nitrogens is 1. The van der Waals surface area contributed by atoms with Crippen LogP contribution in [0, 0.1) is 6.92 Å². The summed E-state index contributed by atoms with van der Waals surface area (Å²) < 4.78 is 0. The molecule has 0 aliphatic heterocycles. The standard InChI is InChI=1S/C13H18N2OS2/c1-9(6-12(16)13-4-3-5-17-13)14-7-11-8-18-10(2)15-11/h3-5,8-9,12,14,16H,6-7H2,1-2H3. The lowest BCUT2D eigenvalue weighted by Crippen LogP contribution is -2.27. The molecule has 0 spiro atoms. The number of rotatable bonds is 6. The number of hydrogen-bond acceptors (Lipinski definition) is 5. The Morgan fingerprint density at radius 1 is 1.44 bits per heavy atom. The van der Waals surface area contributed by atoms with E-state index in [0.717, 1.165) is 28.5 Å². The molecule has 0 fully saturated rings. The summed E-state index contributed by atoms with van der Waals surface area (Å²) in [7, 11) is 0. The molecule has 0 bridgehead atoms. The Kier molecular flexibility index (Phi) is 4.88. The van der Waals surface area contributed by atoms with E-state index < -0.39 is 0 Å². The van der Waals surface area contributed by atoms with Gasteiger partial charge in [-0.15, -0.1) is 22.7 Å². The topological polar surface area (TPSA) is 45.2 Å². The first-order chi connectivity index (χ1) is 8.65. The summed E-state index contributed by atoms with van der Waals surface area (Å²) in [4.78, 5) is 5.44. The number of thiophene rings is 1. The van der Waals surface area contributed by atoms with Crippen molar-refractivity contribution in [2.24, 2.45) is 0 Å². The van der Waals surface area contributed by atoms with Crippen LogP contribution in [-0.4, -0.2) is 16.1 Å². The molecular formula is C13H18N2OS2. The van der Waals surface area contributed by atoms with Crippen LogP contribution in [0.4, 0.5) is 0 Å². The smallest absolute Gasteiger partial charge is 0.0897 e. The van der Waals surface area contributed by atoms with Crippen LogP contribution in [0.25, 0.3) is 0 Å². The van der Waals surface area contributed by atoms with Gasteiger partial charge in [0.05, 0.1) is 16.8 Å². The highest BCUT2D eigenvalue weighted by atomic mass is 32.1. The highest BCUT2D eigenvalue weighted by Crippen LogP contribution is 2.22. The van der Waals surface area contributed by atoms with Gasteiger partial charge in [0.2, 0.25) is 0 Å². The number of aliphatic hydroxyl groups is 1. The minimum atomic E-state index is -0.371. The monoisotopic (exact) mass is 282 g/mol. The number of nitrogens with zero attached hydrogens (tertiary/aromatic N) is 1. The molecule has 5 heteroatoms. The highest BCUT2D eigenvalue weighted by Gasteiger charge is 2.13. The van der Waals surface area contributed by atoms with Crippen molar-refractivity contribution in [3.63, 3.8) is 0 Å². The third-order valence-electron chi connectivity index (χ3n) is 2.75. The predicted octanol–water partition coefficient (Wildman–Crippen LogP) is 3.11. The van der Waals surface area contributed by atoms with Crippen molar-refractivity contribution in [3.05, 3.63) is 38.5 Å². The van der Waals surface area contributed by atoms with E-state index in [4.69, 9.17) is 0 Å². The fraction of sp³-hybridized carbons (Fsp3) is 0.462. The molecule has 0 amide bonds. The number of aryl methyl sites for hydroxylation is 1. The van der Waals surface area contributed by atoms with E-state index in [-0.39, 0.29) is 12.1 Å². The van der Waals surface area contributed by atoms with E-state index in [1.807, 2.05) is 24.4 Å². The first kappa shape index (κ1) is 13.7. The van der Waals surface area contributed by atoms with E-state index in [1.54, 1.807) is 22.7 Å². The van der Waals surface area contributed by atoms with Crippen molar-refractivity contribution in [1.82, 2.24) is 10.3 Å². The van der Waals surface area contributed by atoms with Crippen LogP contribution in [-0.2, 0) is 6.54 Å². The van der Waals surface area contributed by atoms with E-state index in [0.29, 0.717) is 0 Å². The number of thiazole rings is 1. The molecule has 2 rings (SSSR count). The van der Waals surface area contributed by atoms with Crippen LogP contribution in [0.15, 0.2) is 22.9 Å². The van der Waals surface area contributed by atoms with Crippen LogP contribution in [0.3, 0.4) is 0 Å². The molecular weight excluding hydrogens is 264 g/mol. The van der Waals surface area contributed by atoms with Crippen LogP contribution in [0.2, 0.25) is 0 Å². The zero-order valence-corrected chi connectivity index (χ0v) is 12.2. The van der Waals surface area contributed by atoms with Crippen molar-refractivity contribution in [2.45, 2.75) is 39.0 Å². The first-order valence-corrected chi connectivity index (χ1v) is 7.77. The SMILES string of the molecule is Cc1nc(CNC(C)CC(O)c2cccs2)cs1. The molecule has 0 aromatic carbocycles. The van der Waals surface area contributed by atoms with Gasteiger partial charge < -0.3 is 10.4 Å². The van der Waals surface area contributed by atoms with Crippen molar-refractivity contribution < 1.29 is 5.11 Å². The quantitative estimate of drug-likeness (QED) is 0.855. The molecule has 3 nitrogen and oxygen atoms in total. The maximum atomic E-state index is 10.0. The van der Waals surface area contributed by atoms with Gasteiger partial charge in [0.15, 0.2) is 0 Å². The van der Waals surface area contributed by atoms with Crippen LogP contribution in [0.1, 0.15) is 35.0 Å². The second kappa shape index (κ2) is 6.43. The van der Waals surface area contributed by atoms with E-state index in [1.165, 1.54) is 0 Å². The van der Waals surface area contributed by atoms with Gasteiger partial charge in [0.25, 0.3) is 0 Å². The van der Waals surface area contributed by atoms with Gasteiger partial charge in [-0.25, -0.2) is 4.98 Å². The van der Waals surface area contributed by atoms with E-state index in [2.05, 4.69) is 22.6 Å². The number of hydrogen-bond donors (Lipinski definition) is 2. The lowest BCUT2D eigenvalue weighted by molar-refractivity contribution is 0.157. The summed E-state index contributed by atoms with van der Waals surface area (Å²) in [6, 6.07) is 4.22. The summed E-state index contributed by atoms with van der Waals surface area (Å²) in [5.41, 5.74) is 1.08. The molecule has 0 aliphatic carbocycles. The van der Waals surface area contributed by atoms with Gasteiger partial charge in [-0.05, 0) is 31.7 Å². The molecule has 98 valence electrons. The molecule has 2 heterocycles. The molecule has 2 aromatic rings. The van der Waals surface area contributed by atoms with Crippen LogP contribution < -0.4 is 5.32 Å². The summed E-state index contributed by atoms with van der Waals surface area (Å²) in [6.07, 6.45) is 0.355. The van der Waals surface area contributed by atoms with Crippen molar-refractivity contribution in [2.75, 3.05) is 0 Å². The van der Waals surface area contributed by atoms with E-state index in [9.17, 15) is 5.11 Å². The predicted molar refractivity (Wildman–Crippen MR) is 77.0 cm³/mol. The number of nitrogens with one attached hydrogen (secondary N) is 1. The summed E-state index contributed by atoms with van der Waals surface area (Å²) in [6.45, 7) is 4.87. The first-order valence-electron chi connectivity index (χ1n) is 6.01. The third-order valence-corrected chi connectivity index (χ3v) is 4.54. The van der Waals surface area contributed by atoms with Gasteiger partial charge >= 0.3 is 0 Å². The second-order valence-electron chi connectivity index (χ2n) is 4.41. The van der Waals surface area contributed by atoms with Crippen LogP contribution in [0.5, 0.6) is 0 Å². The average molecular weight is 282 g/mol. The maximum Gasteiger partial charge on any atom is 0.0897 e. The van der Waals surface area contributed by atoms with Gasteiger partial charge in [-0.3, -0.25) is 0 Å². The van der Waals surface area contributed by atoms with Crippen LogP contribution >= 0.6 is 22.7 Å². The lowest BCUT2D eigenvalue weighted by atomic mass is 10.1. The Morgan fingerprint density at radius 3 is 2.89 bits per heavy atom. The third kappa shape index (κ3) is 3.88. The normalized spacial score (nSPS) is 14.6. The second-order valence-corrected chi connectivity index (χ2v) is 6.45. The summed E-state index contributed by atoms with van der Waals surface area (Å²) in [5, 5.41) is 18.6. The zero-order valence-electron chi connectivity index (χ0n) is 10.6. The molecule has 0 saturated carbocycles. The summed E-state index contributed by atoms with van der Waals surface area (Å²) >= 11 is 3.27. The highest BCUT2D eigenvalue weighted by molar-refractivity contribution is 7.10. The molecule has 2 unspecified atom stereocenters. The Balaban J connectivity index is 1.76. The van der Waals surface area contributed by atoms with E-state index >= 15 is 0 Å². The molecule has 0 aliphatic rings. The van der Waals surface area contributed by atoms with Gasteiger partial charge in [0.1, 0.15) is 0 Å². The fourth-order valence-corrected chi connectivity index (χ4v) is 3.12. The maximum absolute atomic E-state index is 10.0. The molecule has 0 radical (unpaired) electrons. The van der Waals surface area contributed by atoms with Gasteiger partial charge in [0, 0.05) is 22.8 Å². The Morgan fingerprint density at radius 2 is 2.28 bits per heavy atom. The number of aliphatic hydroxyl groups excluding tert-OH is 1. The Labute approximate surface area is 116 Å². The largest absolute Gasteiger partial charge is 0.388 e. The Hall–Kier alpha value is -0.750. The molecule has 2 N–H and O–H groups in total. The average Bonchev–Trinajstić information content (AvgIpc) is 2.97. The Bertz CT molecular complexity index is 467. The van der Waals surface area contributed by atoms with Crippen molar-refractivity contribution in [3.8, 4) is 0 Å². The minimum absolute atomic E-state index is 0.268. The van der Waals surface area contributed by atoms with Gasteiger partial charge in [-0.2, -0.15) is 0 Å². The molecule has 2 atom stereocenters. The molecule has 0 saturated heterocycles. The van der Waals surface area contributed by atoms with Crippen molar-refractivity contribution in [1.29, 1.82) is 0 Å². The zero-order chi connectivity index (χ0) is 13.0. The van der Waals surface area contributed by atoms with Crippen molar-refractivity contribution >= 4 is 22.7 Å². The molecule has 2 aromatic heterocycles. The van der Waals surface area contributed by atoms with Gasteiger partial charge in [-0.1, -0.05) is 6.07 Å². The fourth-order valence-electron chi connectivity index (χ4n) is 1.78.